The number of thioether (sulfide) groups is 1. The van der Waals surface area contributed by atoms with E-state index in [1.54, 1.807) is 17.0 Å². The number of imide groups is 1. The molecule has 1 aromatic carbocycles. The maximum absolute atomic E-state index is 12.7. The van der Waals surface area contributed by atoms with E-state index in [2.05, 4.69) is 31.9 Å². The van der Waals surface area contributed by atoms with Gasteiger partial charge in [-0.3, -0.25) is 19.3 Å². The first-order valence-corrected chi connectivity index (χ1v) is 11.1. The molecule has 2 fully saturated rings. The summed E-state index contributed by atoms with van der Waals surface area (Å²) < 4.78 is 11.7. The Bertz CT molecular complexity index is 931. The molecule has 160 valence electrons. The molecule has 2 aliphatic heterocycles. The second-order valence-electron chi connectivity index (χ2n) is 6.25. The molecule has 0 aromatic heterocycles. The van der Waals surface area contributed by atoms with E-state index in [9.17, 15) is 19.2 Å². The highest BCUT2D eigenvalue weighted by molar-refractivity contribution is 9.11. The second-order valence-corrected chi connectivity index (χ2v) is 9.01. The number of nitrogens with zero attached hydrogens (tertiary/aromatic N) is 2. The highest BCUT2D eigenvalue weighted by Gasteiger charge is 2.37. The molecule has 0 unspecified atom stereocenters. The first-order valence-electron chi connectivity index (χ1n) is 8.71. The molecule has 0 aliphatic carbocycles. The van der Waals surface area contributed by atoms with Crippen LogP contribution in [0.2, 0.25) is 0 Å². The van der Waals surface area contributed by atoms with E-state index in [0.717, 1.165) is 4.90 Å². The SMILES string of the molecule is O=C(O)COc1c(Br)cc(Br)cc1/C=C1\SC(=O)N(CC(=O)N2CCOCC2)C1=O. The van der Waals surface area contributed by atoms with Gasteiger partial charge in [0.1, 0.15) is 12.3 Å². The predicted molar refractivity (Wildman–Crippen MR) is 115 cm³/mol. The lowest BCUT2D eigenvalue weighted by Crippen LogP contribution is -2.46. The van der Waals surface area contributed by atoms with Crippen LogP contribution in [0.4, 0.5) is 4.79 Å². The van der Waals surface area contributed by atoms with Crippen LogP contribution in [-0.4, -0.2) is 77.4 Å². The number of amides is 3. The third kappa shape index (κ3) is 5.42. The molecule has 0 bridgehead atoms. The summed E-state index contributed by atoms with van der Waals surface area (Å²) in [6.45, 7) is 0.764. The van der Waals surface area contributed by atoms with Crippen molar-refractivity contribution in [2.24, 2.45) is 0 Å². The number of benzene rings is 1. The van der Waals surface area contributed by atoms with Gasteiger partial charge >= 0.3 is 5.97 Å². The maximum Gasteiger partial charge on any atom is 0.341 e. The molecule has 3 rings (SSSR count). The van der Waals surface area contributed by atoms with Crippen molar-refractivity contribution >= 4 is 72.7 Å². The quantitative estimate of drug-likeness (QED) is 0.525. The zero-order valence-corrected chi connectivity index (χ0v) is 19.4. The fourth-order valence-corrected chi connectivity index (χ4v) is 5.00. The predicted octanol–water partition coefficient (Wildman–Crippen LogP) is 2.57. The Hall–Kier alpha value is -1.89. The van der Waals surface area contributed by atoms with Crippen LogP contribution < -0.4 is 4.74 Å². The van der Waals surface area contributed by atoms with Crippen molar-refractivity contribution in [3.05, 3.63) is 31.5 Å². The topological polar surface area (TPSA) is 113 Å². The summed E-state index contributed by atoms with van der Waals surface area (Å²) in [6, 6.07) is 3.30. The fraction of sp³-hybridized carbons (Fsp3) is 0.333. The largest absolute Gasteiger partial charge is 0.480 e. The summed E-state index contributed by atoms with van der Waals surface area (Å²) in [7, 11) is 0. The average molecular weight is 564 g/mol. The van der Waals surface area contributed by atoms with E-state index in [1.807, 2.05) is 0 Å². The van der Waals surface area contributed by atoms with Crippen molar-refractivity contribution in [3.8, 4) is 5.75 Å². The van der Waals surface area contributed by atoms with E-state index in [-0.39, 0.29) is 23.1 Å². The maximum atomic E-state index is 12.7. The third-order valence-corrected chi connectivity index (χ3v) is 6.15. The molecule has 1 aromatic rings. The fourth-order valence-electron chi connectivity index (χ4n) is 2.80. The number of hydrogen-bond acceptors (Lipinski definition) is 7. The van der Waals surface area contributed by atoms with Crippen molar-refractivity contribution in [3.63, 3.8) is 0 Å². The van der Waals surface area contributed by atoms with E-state index in [4.69, 9.17) is 14.6 Å². The van der Waals surface area contributed by atoms with Gasteiger partial charge in [-0.05, 0) is 45.9 Å². The van der Waals surface area contributed by atoms with Crippen LogP contribution in [-0.2, 0) is 19.1 Å². The summed E-state index contributed by atoms with van der Waals surface area (Å²) >= 11 is 7.35. The van der Waals surface area contributed by atoms with Gasteiger partial charge in [0, 0.05) is 23.1 Å². The van der Waals surface area contributed by atoms with Gasteiger partial charge in [0.25, 0.3) is 11.1 Å². The number of rotatable bonds is 6. The number of carboxylic acids is 1. The van der Waals surface area contributed by atoms with Gasteiger partial charge in [-0.15, -0.1) is 0 Å². The van der Waals surface area contributed by atoms with E-state index >= 15 is 0 Å². The summed E-state index contributed by atoms with van der Waals surface area (Å²) in [5, 5.41) is 8.33. The van der Waals surface area contributed by atoms with Crippen LogP contribution in [0.1, 0.15) is 5.56 Å². The molecule has 0 spiro atoms. The Morgan fingerprint density at radius 1 is 1.23 bits per heavy atom. The van der Waals surface area contributed by atoms with Crippen LogP contribution in [0, 0.1) is 0 Å². The molecule has 30 heavy (non-hydrogen) atoms. The van der Waals surface area contributed by atoms with Crippen molar-refractivity contribution in [2.75, 3.05) is 39.5 Å². The molecule has 0 atom stereocenters. The highest BCUT2D eigenvalue weighted by Crippen LogP contribution is 2.38. The molecular formula is C18H16Br2N2O7S. The Kier molecular flexibility index (Phi) is 7.55. The number of carboxylic acid groups (broad SMARTS) is 1. The minimum atomic E-state index is -1.15. The van der Waals surface area contributed by atoms with Crippen LogP contribution in [0.25, 0.3) is 6.08 Å². The third-order valence-electron chi connectivity index (χ3n) is 4.19. The van der Waals surface area contributed by atoms with Crippen molar-refractivity contribution in [2.45, 2.75) is 0 Å². The molecule has 2 aliphatic rings. The Morgan fingerprint density at radius 2 is 1.93 bits per heavy atom. The van der Waals surface area contributed by atoms with Gasteiger partial charge in [0.15, 0.2) is 6.61 Å². The minimum Gasteiger partial charge on any atom is -0.480 e. The Balaban J connectivity index is 1.81. The van der Waals surface area contributed by atoms with Gasteiger partial charge in [0.2, 0.25) is 5.91 Å². The molecule has 0 saturated carbocycles. The lowest BCUT2D eigenvalue weighted by atomic mass is 10.2. The number of hydrogen-bond donors (Lipinski definition) is 1. The van der Waals surface area contributed by atoms with Gasteiger partial charge in [-0.2, -0.15) is 0 Å². The lowest BCUT2D eigenvalue weighted by molar-refractivity contribution is -0.139. The van der Waals surface area contributed by atoms with Crippen molar-refractivity contribution in [1.82, 2.24) is 9.80 Å². The summed E-state index contributed by atoms with van der Waals surface area (Å²) in [6.07, 6.45) is 1.44. The number of carbonyl (C=O) groups is 4. The standard InChI is InChI=1S/C18H16Br2N2O7S/c19-11-5-10(16(12(20)7-11)29-9-15(24)25)6-13-17(26)22(18(27)30-13)8-14(23)21-1-3-28-4-2-21/h5-7H,1-4,8-9H2,(H,24,25)/b13-6-. The normalized spacial score (nSPS) is 18.3. The lowest BCUT2D eigenvalue weighted by Gasteiger charge is -2.28. The average Bonchev–Trinajstić information content (AvgIpc) is 2.95. The molecular weight excluding hydrogens is 548 g/mol. The summed E-state index contributed by atoms with van der Waals surface area (Å²) in [5.41, 5.74) is 0.405. The molecule has 0 radical (unpaired) electrons. The van der Waals surface area contributed by atoms with Crippen LogP contribution >= 0.6 is 43.6 Å². The Labute approximate surface area is 192 Å². The Morgan fingerprint density at radius 3 is 2.60 bits per heavy atom. The van der Waals surface area contributed by atoms with Crippen molar-refractivity contribution in [1.29, 1.82) is 0 Å². The highest BCUT2D eigenvalue weighted by atomic mass is 79.9. The smallest absolute Gasteiger partial charge is 0.341 e. The molecule has 12 heteroatoms. The van der Waals surface area contributed by atoms with Gasteiger partial charge in [-0.25, -0.2) is 4.79 Å². The molecule has 3 amide bonds. The summed E-state index contributed by atoms with van der Waals surface area (Å²) in [5.74, 6) is -1.85. The van der Waals surface area contributed by atoms with E-state index in [0.29, 0.717) is 52.6 Å². The number of halogens is 2. The van der Waals surface area contributed by atoms with Gasteiger partial charge in [0.05, 0.1) is 22.6 Å². The molecule has 2 heterocycles. The van der Waals surface area contributed by atoms with E-state index < -0.39 is 23.7 Å². The number of ether oxygens (including phenoxy) is 2. The monoisotopic (exact) mass is 562 g/mol. The zero-order chi connectivity index (χ0) is 21.8. The minimum absolute atomic E-state index is 0.111. The molecule has 2 saturated heterocycles. The molecule has 9 nitrogen and oxygen atoms in total. The number of aliphatic carboxylic acids is 1. The summed E-state index contributed by atoms with van der Waals surface area (Å²) in [4.78, 5) is 50.9. The van der Waals surface area contributed by atoms with E-state index in [1.165, 1.54) is 6.08 Å². The molecule has 1 N–H and O–H groups in total. The van der Waals surface area contributed by atoms with Crippen molar-refractivity contribution < 1.29 is 33.8 Å². The van der Waals surface area contributed by atoms with Crippen LogP contribution in [0.5, 0.6) is 5.75 Å². The first-order chi connectivity index (χ1) is 14.3. The van der Waals surface area contributed by atoms with Gasteiger partial charge < -0.3 is 19.5 Å². The zero-order valence-electron chi connectivity index (χ0n) is 15.4. The van der Waals surface area contributed by atoms with Crippen LogP contribution in [0.3, 0.4) is 0 Å². The second kappa shape index (κ2) is 9.94. The van der Waals surface area contributed by atoms with Gasteiger partial charge in [-0.1, -0.05) is 15.9 Å². The number of carbonyl (C=O) groups excluding carboxylic acids is 3. The first kappa shape index (κ1) is 22.8. The van der Waals surface area contributed by atoms with Crippen LogP contribution in [0.15, 0.2) is 26.0 Å². The number of morpholine rings is 1.